The molecule has 128 valence electrons. The van der Waals surface area contributed by atoms with E-state index in [4.69, 9.17) is 4.74 Å². The van der Waals surface area contributed by atoms with Gasteiger partial charge in [-0.15, -0.1) is 0 Å². The number of hydrogen-bond acceptors (Lipinski definition) is 5. The van der Waals surface area contributed by atoms with E-state index in [-0.39, 0.29) is 33.8 Å². The van der Waals surface area contributed by atoms with Crippen molar-refractivity contribution in [2.75, 3.05) is 0 Å². The standard InChI is InChI=1S/C20H18O5/c1-4-20(2,3)19(24)25-14-10-6-8-12-16(14)18(23)11-7-5-9-13(21)15(11)17(12)22/h5-10,21H,4H2,1-3H3. The van der Waals surface area contributed by atoms with Gasteiger partial charge in [0.05, 0.1) is 16.5 Å². The van der Waals surface area contributed by atoms with E-state index < -0.39 is 23.0 Å². The summed E-state index contributed by atoms with van der Waals surface area (Å²) in [4.78, 5) is 38.0. The first kappa shape index (κ1) is 16.9. The van der Waals surface area contributed by atoms with Gasteiger partial charge in [-0.05, 0) is 32.4 Å². The van der Waals surface area contributed by atoms with E-state index in [2.05, 4.69) is 0 Å². The Morgan fingerprint density at radius 2 is 1.56 bits per heavy atom. The van der Waals surface area contributed by atoms with Crippen LogP contribution >= 0.6 is 0 Å². The minimum atomic E-state index is -0.708. The lowest BCUT2D eigenvalue weighted by Gasteiger charge is -2.23. The maximum absolute atomic E-state index is 12.9. The highest BCUT2D eigenvalue weighted by molar-refractivity contribution is 6.30. The molecule has 0 bridgehead atoms. The number of fused-ring (bicyclic) bond motifs is 2. The van der Waals surface area contributed by atoms with Gasteiger partial charge in [0, 0.05) is 11.1 Å². The third-order valence-electron chi connectivity index (χ3n) is 4.65. The van der Waals surface area contributed by atoms with Crippen LogP contribution in [0.1, 0.15) is 59.0 Å². The molecule has 0 aromatic heterocycles. The summed E-state index contributed by atoms with van der Waals surface area (Å²) >= 11 is 0. The topological polar surface area (TPSA) is 80.7 Å². The molecule has 1 aliphatic carbocycles. The summed E-state index contributed by atoms with van der Waals surface area (Å²) in [6.07, 6.45) is 0.574. The highest BCUT2D eigenvalue weighted by Gasteiger charge is 2.36. The predicted octanol–water partition coefficient (Wildman–Crippen LogP) is 3.51. The van der Waals surface area contributed by atoms with Crippen molar-refractivity contribution >= 4 is 17.5 Å². The molecule has 1 N–H and O–H groups in total. The number of ether oxygens (including phenoxy) is 1. The van der Waals surface area contributed by atoms with Crippen LogP contribution in [-0.4, -0.2) is 22.6 Å². The molecule has 2 aromatic rings. The predicted molar refractivity (Wildman–Crippen MR) is 91.1 cm³/mol. The summed E-state index contributed by atoms with van der Waals surface area (Å²) in [5.41, 5.74) is -0.432. The average Bonchev–Trinajstić information content (AvgIpc) is 2.59. The first-order valence-corrected chi connectivity index (χ1v) is 8.04. The number of phenols is 1. The third kappa shape index (κ3) is 2.61. The van der Waals surface area contributed by atoms with Gasteiger partial charge >= 0.3 is 5.97 Å². The van der Waals surface area contributed by atoms with Crippen LogP contribution in [0.4, 0.5) is 0 Å². The van der Waals surface area contributed by atoms with E-state index in [0.717, 1.165) is 0 Å². The molecule has 0 spiro atoms. The molecule has 3 rings (SSSR count). The molecule has 0 saturated carbocycles. The molecule has 0 aliphatic heterocycles. The fraction of sp³-hybridized carbons (Fsp3) is 0.250. The Morgan fingerprint density at radius 3 is 2.20 bits per heavy atom. The smallest absolute Gasteiger partial charge is 0.316 e. The van der Waals surface area contributed by atoms with Gasteiger partial charge in [-0.25, -0.2) is 0 Å². The number of esters is 1. The molecule has 0 radical (unpaired) electrons. The Morgan fingerprint density at radius 1 is 1.00 bits per heavy atom. The summed E-state index contributed by atoms with van der Waals surface area (Å²) in [6.45, 7) is 5.38. The fourth-order valence-corrected chi connectivity index (χ4v) is 2.66. The molecule has 0 atom stereocenters. The van der Waals surface area contributed by atoms with Gasteiger partial charge in [-0.1, -0.05) is 31.2 Å². The maximum atomic E-state index is 12.9. The number of rotatable bonds is 3. The van der Waals surface area contributed by atoms with Crippen molar-refractivity contribution in [1.29, 1.82) is 0 Å². The fourth-order valence-electron chi connectivity index (χ4n) is 2.66. The molecule has 25 heavy (non-hydrogen) atoms. The first-order chi connectivity index (χ1) is 11.8. The van der Waals surface area contributed by atoms with Crippen molar-refractivity contribution in [2.45, 2.75) is 27.2 Å². The summed E-state index contributed by atoms with van der Waals surface area (Å²) in [5, 5.41) is 9.97. The Balaban J connectivity index is 2.12. The van der Waals surface area contributed by atoms with Crippen molar-refractivity contribution in [3.8, 4) is 11.5 Å². The lowest BCUT2D eigenvalue weighted by molar-refractivity contribution is -0.144. The van der Waals surface area contributed by atoms with Crippen molar-refractivity contribution in [3.63, 3.8) is 0 Å². The third-order valence-corrected chi connectivity index (χ3v) is 4.65. The zero-order chi connectivity index (χ0) is 18.4. The quantitative estimate of drug-likeness (QED) is 0.584. The minimum Gasteiger partial charge on any atom is -0.507 e. The number of phenolic OH excluding ortho intramolecular Hbond substituents is 1. The second-order valence-corrected chi connectivity index (χ2v) is 6.66. The second-order valence-electron chi connectivity index (χ2n) is 6.66. The normalized spacial score (nSPS) is 13.2. The van der Waals surface area contributed by atoms with Crippen LogP contribution in [0.25, 0.3) is 0 Å². The van der Waals surface area contributed by atoms with Crippen LogP contribution in [-0.2, 0) is 4.79 Å². The summed E-state index contributed by atoms with van der Waals surface area (Å²) < 4.78 is 5.46. The van der Waals surface area contributed by atoms with E-state index >= 15 is 0 Å². The van der Waals surface area contributed by atoms with Gasteiger partial charge in [0.15, 0.2) is 11.6 Å². The number of hydrogen-bond donors (Lipinski definition) is 1. The lowest BCUT2D eigenvalue weighted by Crippen LogP contribution is -2.30. The Kier molecular flexibility index (Phi) is 3.95. The lowest BCUT2D eigenvalue weighted by atomic mass is 9.83. The van der Waals surface area contributed by atoms with Crippen LogP contribution in [0.3, 0.4) is 0 Å². The minimum absolute atomic E-state index is 0.0163. The first-order valence-electron chi connectivity index (χ1n) is 8.04. The Hall–Kier alpha value is -2.95. The van der Waals surface area contributed by atoms with E-state index in [9.17, 15) is 19.5 Å². The molecule has 1 aliphatic rings. The molecule has 0 fully saturated rings. The van der Waals surface area contributed by atoms with Crippen molar-refractivity contribution in [1.82, 2.24) is 0 Å². The molecule has 0 saturated heterocycles. The van der Waals surface area contributed by atoms with E-state index in [0.29, 0.717) is 6.42 Å². The number of carbonyl (C=O) groups is 3. The summed E-state index contributed by atoms with van der Waals surface area (Å²) in [5.74, 6) is -1.55. The van der Waals surface area contributed by atoms with Gasteiger partial charge in [0.25, 0.3) is 0 Å². The maximum Gasteiger partial charge on any atom is 0.316 e. The molecule has 5 heteroatoms. The molecule has 2 aromatic carbocycles. The van der Waals surface area contributed by atoms with Gasteiger partial charge in [-0.3, -0.25) is 14.4 Å². The van der Waals surface area contributed by atoms with Crippen LogP contribution < -0.4 is 4.74 Å². The number of carbonyl (C=O) groups excluding carboxylic acids is 3. The van der Waals surface area contributed by atoms with Gasteiger partial charge in [0.1, 0.15) is 11.5 Å². The molecular weight excluding hydrogens is 320 g/mol. The monoisotopic (exact) mass is 338 g/mol. The Bertz CT molecular complexity index is 908. The highest BCUT2D eigenvalue weighted by Crippen LogP contribution is 2.37. The van der Waals surface area contributed by atoms with Crippen LogP contribution in [0, 0.1) is 5.41 Å². The average molecular weight is 338 g/mol. The molecule has 0 heterocycles. The van der Waals surface area contributed by atoms with E-state index in [1.807, 2.05) is 6.92 Å². The number of ketones is 2. The number of aromatic hydroxyl groups is 1. The second kappa shape index (κ2) is 5.84. The molecular formula is C20H18O5. The summed E-state index contributed by atoms with van der Waals surface area (Å²) in [7, 11) is 0. The molecule has 0 amide bonds. The van der Waals surface area contributed by atoms with Crippen LogP contribution in [0.15, 0.2) is 36.4 Å². The van der Waals surface area contributed by atoms with Crippen LogP contribution in [0.5, 0.6) is 11.5 Å². The van der Waals surface area contributed by atoms with Gasteiger partial charge in [-0.2, -0.15) is 0 Å². The van der Waals surface area contributed by atoms with Gasteiger partial charge < -0.3 is 9.84 Å². The van der Waals surface area contributed by atoms with Crippen molar-refractivity contribution < 1.29 is 24.2 Å². The van der Waals surface area contributed by atoms with Gasteiger partial charge in [0.2, 0.25) is 0 Å². The summed E-state index contributed by atoms with van der Waals surface area (Å²) in [6, 6.07) is 8.89. The highest BCUT2D eigenvalue weighted by atomic mass is 16.5. The zero-order valence-electron chi connectivity index (χ0n) is 14.3. The molecule has 0 unspecified atom stereocenters. The zero-order valence-corrected chi connectivity index (χ0v) is 14.3. The van der Waals surface area contributed by atoms with E-state index in [1.165, 1.54) is 30.3 Å². The van der Waals surface area contributed by atoms with Crippen molar-refractivity contribution in [2.24, 2.45) is 5.41 Å². The van der Waals surface area contributed by atoms with Crippen LogP contribution in [0.2, 0.25) is 0 Å². The Labute approximate surface area is 145 Å². The SMILES string of the molecule is CCC(C)(C)C(=O)Oc1cccc2c1C(=O)c1cccc(O)c1C2=O. The molecule has 5 nitrogen and oxygen atoms in total. The van der Waals surface area contributed by atoms with E-state index in [1.54, 1.807) is 19.9 Å². The number of benzene rings is 2. The largest absolute Gasteiger partial charge is 0.507 e. The van der Waals surface area contributed by atoms with Crippen molar-refractivity contribution in [3.05, 3.63) is 58.7 Å².